The highest BCUT2D eigenvalue weighted by atomic mass is 35.5. The van der Waals surface area contributed by atoms with E-state index >= 15 is 0 Å². The number of rotatable bonds is 8. The Morgan fingerprint density at radius 2 is 1.82 bits per heavy atom. The lowest BCUT2D eigenvalue weighted by Crippen LogP contribution is -2.43. The molecular formula is C27H32ClN3O2. The minimum absolute atomic E-state index is 0.0838. The van der Waals surface area contributed by atoms with Gasteiger partial charge in [0, 0.05) is 29.5 Å². The van der Waals surface area contributed by atoms with E-state index in [1.807, 2.05) is 66.4 Å². The van der Waals surface area contributed by atoms with Crippen LogP contribution in [-0.4, -0.2) is 28.1 Å². The smallest absolute Gasteiger partial charge is 0.322 e. The Kier molecular flexibility index (Phi) is 7.95. The van der Waals surface area contributed by atoms with Crippen LogP contribution in [0.2, 0.25) is 5.02 Å². The Labute approximate surface area is 201 Å². The van der Waals surface area contributed by atoms with Crippen molar-refractivity contribution in [1.82, 2.24) is 9.47 Å². The molecule has 1 N–H and O–H groups in total. The van der Waals surface area contributed by atoms with Crippen LogP contribution < -0.4 is 10.1 Å². The van der Waals surface area contributed by atoms with Crippen molar-refractivity contribution in [1.29, 1.82) is 0 Å². The van der Waals surface area contributed by atoms with Crippen LogP contribution >= 0.6 is 11.6 Å². The number of ether oxygens (including phenoxy) is 1. The van der Waals surface area contributed by atoms with E-state index in [2.05, 4.69) is 22.1 Å². The second-order valence-electron chi connectivity index (χ2n) is 8.50. The fourth-order valence-electron chi connectivity index (χ4n) is 4.53. The number of aromatic nitrogens is 1. The predicted molar refractivity (Wildman–Crippen MR) is 134 cm³/mol. The lowest BCUT2D eigenvalue weighted by molar-refractivity contribution is 0.160. The number of anilines is 1. The van der Waals surface area contributed by atoms with Gasteiger partial charge in [0.15, 0.2) is 0 Å². The second-order valence-corrected chi connectivity index (χ2v) is 8.91. The maximum atomic E-state index is 13.5. The highest BCUT2D eigenvalue weighted by Gasteiger charge is 2.27. The van der Waals surface area contributed by atoms with E-state index in [9.17, 15) is 4.79 Å². The SMILES string of the molecule is CCOc1ccccc1NC(=O)N(Cc1cccn1Cc1ccccc1Cl)C1CCCCC1. The van der Waals surface area contributed by atoms with Crippen LogP contribution in [0.3, 0.4) is 0 Å². The Bertz CT molecular complexity index is 1060. The lowest BCUT2D eigenvalue weighted by atomic mass is 9.94. The normalized spacial score (nSPS) is 14.1. The minimum atomic E-state index is -0.0838. The van der Waals surface area contributed by atoms with Crippen LogP contribution in [0.1, 0.15) is 50.3 Å². The summed E-state index contributed by atoms with van der Waals surface area (Å²) in [5.74, 6) is 0.694. The number of benzene rings is 2. The minimum Gasteiger partial charge on any atom is -0.492 e. The third kappa shape index (κ3) is 5.91. The molecule has 0 bridgehead atoms. The molecule has 0 unspecified atom stereocenters. The quantitative estimate of drug-likeness (QED) is 0.391. The van der Waals surface area contributed by atoms with Crippen LogP contribution in [0, 0.1) is 0 Å². The Morgan fingerprint density at radius 1 is 1.06 bits per heavy atom. The van der Waals surface area contributed by atoms with Gasteiger partial charge in [-0.15, -0.1) is 0 Å². The first kappa shape index (κ1) is 23.2. The van der Waals surface area contributed by atoms with E-state index in [4.69, 9.17) is 16.3 Å². The maximum Gasteiger partial charge on any atom is 0.322 e. The summed E-state index contributed by atoms with van der Waals surface area (Å²) in [7, 11) is 0. The summed E-state index contributed by atoms with van der Waals surface area (Å²) >= 11 is 6.40. The highest BCUT2D eigenvalue weighted by Crippen LogP contribution is 2.28. The number of halogens is 1. The number of urea groups is 1. The first-order chi connectivity index (χ1) is 16.2. The zero-order valence-electron chi connectivity index (χ0n) is 19.2. The molecule has 0 radical (unpaired) electrons. The first-order valence-corrected chi connectivity index (χ1v) is 12.2. The van der Waals surface area contributed by atoms with E-state index in [-0.39, 0.29) is 12.1 Å². The Morgan fingerprint density at radius 3 is 2.61 bits per heavy atom. The fourth-order valence-corrected chi connectivity index (χ4v) is 4.73. The molecule has 5 nitrogen and oxygen atoms in total. The van der Waals surface area contributed by atoms with Crippen molar-refractivity contribution in [3.05, 3.63) is 83.1 Å². The monoisotopic (exact) mass is 465 g/mol. The molecule has 2 aromatic carbocycles. The molecule has 6 heteroatoms. The number of carbonyl (C=O) groups is 1. The molecule has 1 fully saturated rings. The van der Waals surface area contributed by atoms with Gasteiger partial charge in [0.1, 0.15) is 5.75 Å². The first-order valence-electron chi connectivity index (χ1n) is 11.8. The summed E-state index contributed by atoms with van der Waals surface area (Å²) in [6, 6.07) is 19.8. The number of para-hydroxylation sites is 2. The van der Waals surface area contributed by atoms with E-state index in [0.717, 1.165) is 42.0 Å². The number of hydrogen-bond acceptors (Lipinski definition) is 2. The van der Waals surface area contributed by atoms with E-state index in [0.29, 0.717) is 31.1 Å². The third-order valence-corrected chi connectivity index (χ3v) is 6.63. The molecule has 1 saturated carbocycles. The van der Waals surface area contributed by atoms with Crippen molar-refractivity contribution in [3.8, 4) is 5.75 Å². The highest BCUT2D eigenvalue weighted by molar-refractivity contribution is 6.31. The van der Waals surface area contributed by atoms with Crippen molar-refractivity contribution >= 4 is 23.3 Å². The molecule has 1 aliphatic carbocycles. The zero-order valence-corrected chi connectivity index (χ0v) is 19.9. The van der Waals surface area contributed by atoms with E-state index in [1.165, 1.54) is 6.42 Å². The van der Waals surface area contributed by atoms with Crippen molar-refractivity contribution < 1.29 is 9.53 Å². The average Bonchev–Trinajstić information content (AvgIpc) is 3.27. The molecule has 4 rings (SSSR count). The number of hydrogen-bond donors (Lipinski definition) is 1. The number of nitrogens with zero attached hydrogens (tertiary/aromatic N) is 2. The van der Waals surface area contributed by atoms with Gasteiger partial charge in [0.25, 0.3) is 0 Å². The summed E-state index contributed by atoms with van der Waals surface area (Å²) in [5.41, 5.74) is 2.86. The van der Waals surface area contributed by atoms with Crippen LogP contribution in [0.5, 0.6) is 5.75 Å². The molecule has 0 saturated heterocycles. The number of amides is 2. The van der Waals surface area contributed by atoms with Gasteiger partial charge < -0.3 is 19.5 Å². The van der Waals surface area contributed by atoms with Crippen LogP contribution in [0.25, 0.3) is 0 Å². The van der Waals surface area contributed by atoms with E-state index < -0.39 is 0 Å². The van der Waals surface area contributed by atoms with Gasteiger partial charge in [-0.3, -0.25) is 0 Å². The predicted octanol–water partition coefficient (Wildman–Crippen LogP) is 6.96. The summed E-state index contributed by atoms with van der Waals surface area (Å²) in [4.78, 5) is 15.5. The Hall–Kier alpha value is -2.92. The zero-order chi connectivity index (χ0) is 23.0. The topological polar surface area (TPSA) is 46.5 Å². The molecule has 3 aromatic rings. The van der Waals surface area contributed by atoms with Gasteiger partial charge in [-0.2, -0.15) is 0 Å². The molecule has 1 heterocycles. The van der Waals surface area contributed by atoms with Crippen molar-refractivity contribution in [3.63, 3.8) is 0 Å². The fraction of sp³-hybridized carbons (Fsp3) is 0.370. The van der Waals surface area contributed by atoms with Crippen LogP contribution in [-0.2, 0) is 13.1 Å². The Balaban J connectivity index is 1.56. The van der Waals surface area contributed by atoms with Crippen LogP contribution in [0.15, 0.2) is 66.9 Å². The summed E-state index contributed by atoms with van der Waals surface area (Å²) < 4.78 is 7.89. The van der Waals surface area contributed by atoms with Crippen molar-refractivity contribution in [2.45, 2.75) is 58.2 Å². The summed E-state index contributed by atoms with van der Waals surface area (Å²) in [5, 5.41) is 3.87. The molecule has 33 heavy (non-hydrogen) atoms. The molecule has 1 aliphatic rings. The second kappa shape index (κ2) is 11.3. The van der Waals surface area contributed by atoms with Gasteiger partial charge in [0.2, 0.25) is 0 Å². The number of nitrogens with one attached hydrogen (secondary N) is 1. The molecule has 2 amide bonds. The van der Waals surface area contributed by atoms with Gasteiger partial charge in [-0.05, 0) is 55.7 Å². The van der Waals surface area contributed by atoms with Gasteiger partial charge >= 0.3 is 6.03 Å². The summed E-state index contributed by atoms with van der Waals surface area (Å²) in [6.45, 7) is 3.72. The van der Waals surface area contributed by atoms with Gasteiger partial charge in [-0.25, -0.2) is 4.79 Å². The van der Waals surface area contributed by atoms with Gasteiger partial charge in [0.05, 0.1) is 18.8 Å². The van der Waals surface area contributed by atoms with Crippen molar-refractivity contribution in [2.24, 2.45) is 0 Å². The maximum absolute atomic E-state index is 13.5. The number of carbonyl (C=O) groups excluding carboxylic acids is 1. The van der Waals surface area contributed by atoms with Crippen molar-refractivity contribution in [2.75, 3.05) is 11.9 Å². The summed E-state index contributed by atoms with van der Waals surface area (Å²) in [6.07, 6.45) is 7.68. The molecule has 1 aromatic heterocycles. The standard InChI is InChI=1S/C27H32ClN3O2/c1-2-33-26-17-9-8-16-25(26)29-27(32)31(22-12-4-3-5-13-22)20-23-14-10-18-30(23)19-21-11-6-7-15-24(21)28/h6-11,14-18,22H,2-5,12-13,19-20H2,1H3,(H,29,32). The molecule has 0 atom stereocenters. The average molecular weight is 466 g/mol. The van der Waals surface area contributed by atoms with Gasteiger partial charge in [-0.1, -0.05) is 61.2 Å². The molecular weight excluding hydrogens is 434 g/mol. The third-order valence-electron chi connectivity index (χ3n) is 6.26. The molecule has 0 spiro atoms. The van der Waals surface area contributed by atoms with E-state index in [1.54, 1.807) is 0 Å². The largest absolute Gasteiger partial charge is 0.492 e. The lowest BCUT2D eigenvalue weighted by Gasteiger charge is -2.35. The molecule has 174 valence electrons. The molecule has 0 aliphatic heterocycles. The van der Waals surface area contributed by atoms with Crippen LogP contribution in [0.4, 0.5) is 10.5 Å².